The summed E-state index contributed by atoms with van der Waals surface area (Å²) in [6, 6.07) is 1.98. The Morgan fingerprint density at radius 1 is 1.45 bits per heavy atom. The number of hydrogen-bond acceptors (Lipinski definition) is 4. The average molecular weight is 300 g/mol. The van der Waals surface area contributed by atoms with Crippen molar-refractivity contribution in [3.8, 4) is 0 Å². The van der Waals surface area contributed by atoms with Gasteiger partial charge >= 0.3 is 0 Å². The van der Waals surface area contributed by atoms with Crippen LogP contribution in [-0.2, 0) is 11.3 Å². The van der Waals surface area contributed by atoms with Gasteiger partial charge in [-0.1, -0.05) is 18.5 Å². The van der Waals surface area contributed by atoms with Crippen LogP contribution >= 0.6 is 11.6 Å². The maximum absolute atomic E-state index is 6.31. The minimum absolute atomic E-state index is 0.249. The van der Waals surface area contributed by atoms with Crippen LogP contribution in [0.5, 0.6) is 0 Å². The molecule has 0 aliphatic heterocycles. The van der Waals surface area contributed by atoms with Crippen LogP contribution in [0.3, 0.4) is 0 Å². The Hall–Kier alpha value is -0.840. The normalized spacial score (nSPS) is 11.1. The SMILES string of the molecule is CCCNCc1cnc(N(C)CCOC(C)C)c(Cl)c1. The van der Waals surface area contributed by atoms with Gasteiger partial charge in [0.2, 0.25) is 0 Å². The highest BCUT2D eigenvalue weighted by Crippen LogP contribution is 2.23. The second kappa shape index (κ2) is 9.16. The average Bonchev–Trinajstić information content (AvgIpc) is 2.38. The number of nitrogens with zero attached hydrogens (tertiary/aromatic N) is 2. The predicted octanol–water partition coefficient (Wildman–Crippen LogP) is 3.10. The fraction of sp³-hybridized carbons (Fsp3) is 0.667. The van der Waals surface area contributed by atoms with Gasteiger partial charge in [0.15, 0.2) is 0 Å². The molecule has 0 saturated heterocycles. The minimum atomic E-state index is 0.249. The molecular weight excluding hydrogens is 274 g/mol. The lowest BCUT2D eigenvalue weighted by molar-refractivity contribution is 0.0845. The Labute approximate surface area is 127 Å². The van der Waals surface area contributed by atoms with Crippen LogP contribution in [0.15, 0.2) is 12.3 Å². The van der Waals surface area contributed by atoms with Gasteiger partial charge in [-0.15, -0.1) is 0 Å². The molecule has 114 valence electrons. The van der Waals surface area contributed by atoms with Crippen molar-refractivity contribution in [3.05, 3.63) is 22.8 Å². The molecule has 4 nitrogen and oxygen atoms in total. The number of aromatic nitrogens is 1. The number of pyridine rings is 1. The molecule has 0 spiro atoms. The summed E-state index contributed by atoms with van der Waals surface area (Å²) in [5, 5.41) is 4.03. The van der Waals surface area contributed by atoms with Crippen molar-refractivity contribution < 1.29 is 4.74 Å². The maximum atomic E-state index is 6.31. The van der Waals surface area contributed by atoms with Crippen LogP contribution in [0.2, 0.25) is 5.02 Å². The molecule has 0 amide bonds. The second-order valence-corrected chi connectivity index (χ2v) is 5.57. The van der Waals surface area contributed by atoms with Crippen molar-refractivity contribution in [2.75, 3.05) is 31.6 Å². The predicted molar refractivity (Wildman–Crippen MR) is 85.6 cm³/mol. The molecule has 0 aromatic carbocycles. The van der Waals surface area contributed by atoms with E-state index in [0.29, 0.717) is 11.6 Å². The smallest absolute Gasteiger partial charge is 0.147 e. The van der Waals surface area contributed by atoms with E-state index in [-0.39, 0.29) is 6.10 Å². The number of hydrogen-bond donors (Lipinski definition) is 1. The van der Waals surface area contributed by atoms with Gasteiger partial charge in [-0.3, -0.25) is 0 Å². The summed E-state index contributed by atoms with van der Waals surface area (Å²) in [5.74, 6) is 0.804. The second-order valence-electron chi connectivity index (χ2n) is 5.17. The summed E-state index contributed by atoms with van der Waals surface area (Å²) in [6.45, 7) is 9.47. The molecule has 0 unspecified atom stereocenters. The standard InChI is InChI=1S/C15H26ClN3O/c1-5-6-17-10-13-9-14(16)15(18-11-13)19(4)7-8-20-12(2)3/h9,11-12,17H,5-8,10H2,1-4H3. The quantitative estimate of drug-likeness (QED) is 0.711. The zero-order valence-corrected chi connectivity index (χ0v) is 13.7. The largest absolute Gasteiger partial charge is 0.377 e. The topological polar surface area (TPSA) is 37.4 Å². The van der Waals surface area contributed by atoms with Gasteiger partial charge in [-0.2, -0.15) is 0 Å². The van der Waals surface area contributed by atoms with Crippen LogP contribution < -0.4 is 10.2 Å². The Bertz CT molecular complexity index is 399. The maximum Gasteiger partial charge on any atom is 0.147 e. The number of nitrogens with one attached hydrogen (secondary N) is 1. The van der Waals surface area contributed by atoms with Crippen molar-refractivity contribution in [1.29, 1.82) is 0 Å². The Kier molecular flexibility index (Phi) is 7.88. The fourth-order valence-corrected chi connectivity index (χ4v) is 2.12. The van der Waals surface area contributed by atoms with Crippen molar-refractivity contribution in [2.24, 2.45) is 0 Å². The summed E-state index contributed by atoms with van der Waals surface area (Å²) < 4.78 is 5.54. The van der Waals surface area contributed by atoms with Gasteiger partial charge in [0.05, 0.1) is 17.7 Å². The molecule has 0 aliphatic carbocycles. The van der Waals surface area contributed by atoms with E-state index in [2.05, 4.69) is 17.2 Å². The van der Waals surface area contributed by atoms with E-state index in [9.17, 15) is 0 Å². The molecule has 0 fully saturated rings. The lowest BCUT2D eigenvalue weighted by atomic mass is 10.2. The zero-order chi connectivity index (χ0) is 15.0. The molecule has 1 aromatic heterocycles. The Morgan fingerprint density at radius 3 is 2.80 bits per heavy atom. The third kappa shape index (κ3) is 6.07. The molecule has 0 saturated carbocycles. The monoisotopic (exact) mass is 299 g/mol. The third-order valence-electron chi connectivity index (χ3n) is 2.87. The van der Waals surface area contributed by atoms with Crippen LogP contribution in [0.4, 0.5) is 5.82 Å². The van der Waals surface area contributed by atoms with Crippen molar-refractivity contribution in [2.45, 2.75) is 39.8 Å². The fourth-order valence-electron chi connectivity index (χ4n) is 1.79. The van der Waals surface area contributed by atoms with Gasteiger partial charge in [-0.05, 0) is 38.4 Å². The number of likely N-dealkylation sites (N-methyl/N-ethyl adjacent to an activating group) is 1. The van der Waals surface area contributed by atoms with Crippen LogP contribution in [0, 0.1) is 0 Å². The van der Waals surface area contributed by atoms with E-state index in [1.54, 1.807) is 0 Å². The number of rotatable bonds is 9. The molecule has 20 heavy (non-hydrogen) atoms. The summed E-state index contributed by atoms with van der Waals surface area (Å²) in [5.41, 5.74) is 1.11. The number of ether oxygens (including phenoxy) is 1. The highest BCUT2D eigenvalue weighted by atomic mass is 35.5. The van der Waals surface area contributed by atoms with Crippen molar-refractivity contribution >= 4 is 17.4 Å². The summed E-state index contributed by atoms with van der Waals surface area (Å²) in [4.78, 5) is 6.47. The van der Waals surface area contributed by atoms with Gasteiger partial charge < -0.3 is 15.0 Å². The molecule has 0 bridgehead atoms. The molecule has 0 atom stereocenters. The highest BCUT2D eigenvalue weighted by Gasteiger charge is 2.09. The van der Waals surface area contributed by atoms with Gasteiger partial charge in [-0.25, -0.2) is 4.98 Å². The molecule has 1 aromatic rings. The van der Waals surface area contributed by atoms with Gasteiger partial charge in [0.1, 0.15) is 5.82 Å². The first kappa shape index (κ1) is 17.2. The van der Waals surface area contributed by atoms with Crippen molar-refractivity contribution in [1.82, 2.24) is 10.3 Å². The minimum Gasteiger partial charge on any atom is -0.377 e. The van der Waals surface area contributed by atoms with E-state index in [0.717, 1.165) is 37.4 Å². The molecule has 5 heteroatoms. The summed E-state index contributed by atoms with van der Waals surface area (Å²) in [7, 11) is 1.98. The van der Waals surface area contributed by atoms with Gasteiger partial charge in [0, 0.05) is 26.3 Å². The molecule has 1 rings (SSSR count). The van der Waals surface area contributed by atoms with E-state index < -0.39 is 0 Å². The first-order valence-corrected chi connectivity index (χ1v) is 7.60. The number of anilines is 1. The number of halogens is 1. The van der Waals surface area contributed by atoms with Crippen LogP contribution in [0.25, 0.3) is 0 Å². The lowest BCUT2D eigenvalue weighted by Crippen LogP contribution is -2.25. The van der Waals surface area contributed by atoms with Gasteiger partial charge in [0.25, 0.3) is 0 Å². The first-order chi connectivity index (χ1) is 9.54. The molecule has 0 radical (unpaired) electrons. The van der Waals surface area contributed by atoms with E-state index in [4.69, 9.17) is 16.3 Å². The van der Waals surface area contributed by atoms with Crippen molar-refractivity contribution in [3.63, 3.8) is 0 Å². The van der Waals surface area contributed by atoms with E-state index >= 15 is 0 Å². The van der Waals surface area contributed by atoms with Crippen LogP contribution in [0.1, 0.15) is 32.8 Å². The van der Waals surface area contributed by atoms with E-state index in [1.165, 1.54) is 0 Å². The molecular formula is C15H26ClN3O. The Balaban J connectivity index is 2.53. The highest BCUT2D eigenvalue weighted by molar-refractivity contribution is 6.33. The summed E-state index contributed by atoms with van der Waals surface area (Å²) >= 11 is 6.31. The van der Waals surface area contributed by atoms with Crippen LogP contribution in [-0.4, -0.2) is 37.8 Å². The molecule has 1 heterocycles. The molecule has 1 N–H and O–H groups in total. The van der Waals surface area contributed by atoms with E-state index in [1.807, 2.05) is 38.1 Å². The third-order valence-corrected chi connectivity index (χ3v) is 3.15. The summed E-state index contributed by atoms with van der Waals surface area (Å²) in [6.07, 6.45) is 3.25. The zero-order valence-electron chi connectivity index (χ0n) is 12.9. The first-order valence-electron chi connectivity index (χ1n) is 7.22. The lowest BCUT2D eigenvalue weighted by Gasteiger charge is -2.20. The molecule has 0 aliphatic rings. The Morgan fingerprint density at radius 2 is 2.20 bits per heavy atom.